The third-order valence-electron chi connectivity index (χ3n) is 3.15. The van der Waals surface area contributed by atoms with Gasteiger partial charge < -0.3 is 0 Å². The van der Waals surface area contributed by atoms with Crippen LogP contribution in [0, 0.1) is 0 Å². The number of hydrazone groups is 1. The van der Waals surface area contributed by atoms with Gasteiger partial charge in [-0.25, -0.2) is 5.43 Å². The monoisotopic (exact) mass is 294 g/mol. The molecule has 0 aliphatic rings. The van der Waals surface area contributed by atoms with Crippen molar-refractivity contribution in [3.8, 4) is 11.3 Å². The summed E-state index contributed by atoms with van der Waals surface area (Å²) in [6.45, 7) is 0. The summed E-state index contributed by atoms with van der Waals surface area (Å²) in [5.41, 5.74) is 5.54. The van der Waals surface area contributed by atoms with Crippen molar-refractivity contribution in [3.63, 3.8) is 0 Å². The van der Waals surface area contributed by atoms with Gasteiger partial charge in [-0.1, -0.05) is 30.3 Å². The van der Waals surface area contributed by atoms with Gasteiger partial charge in [0.1, 0.15) is 5.69 Å². The lowest BCUT2D eigenvalue weighted by Crippen LogP contribution is -2.20. The Labute approximate surface area is 126 Å². The number of carbonyl (C=O) groups excluding carboxylic acids is 1. The van der Waals surface area contributed by atoms with Gasteiger partial charge in [0, 0.05) is 24.4 Å². The largest absolute Gasteiger partial charge is 0.289 e. The van der Waals surface area contributed by atoms with Crippen molar-refractivity contribution in [1.82, 2.24) is 25.4 Å². The zero-order chi connectivity index (χ0) is 15.4. The molecule has 0 spiro atoms. The molecule has 0 radical (unpaired) electrons. The number of nitrogens with zero attached hydrogens (tertiary/aromatic N) is 4. The number of aromatic nitrogens is 4. The molecule has 3 aromatic rings. The van der Waals surface area contributed by atoms with Crippen molar-refractivity contribution < 1.29 is 4.79 Å². The third kappa shape index (κ3) is 2.78. The van der Waals surface area contributed by atoms with Crippen molar-refractivity contribution in [3.05, 3.63) is 60.0 Å². The van der Waals surface area contributed by atoms with Crippen LogP contribution >= 0.6 is 0 Å². The number of H-pyrrole nitrogens is 1. The molecule has 7 heteroatoms. The van der Waals surface area contributed by atoms with Crippen LogP contribution in [0.2, 0.25) is 0 Å². The van der Waals surface area contributed by atoms with E-state index in [9.17, 15) is 4.79 Å². The molecule has 0 saturated heterocycles. The van der Waals surface area contributed by atoms with Crippen LogP contribution in [0.25, 0.3) is 11.3 Å². The lowest BCUT2D eigenvalue weighted by molar-refractivity contribution is 0.0945. The van der Waals surface area contributed by atoms with Crippen molar-refractivity contribution in [2.24, 2.45) is 12.1 Å². The summed E-state index contributed by atoms with van der Waals surface area (Å²) in [7, 11) is 1.70. The molecule has 2 heterocycles. The number of hydrogen-bond donors (Lipinski definition) is 2. The second-order valence-corrected chi connectivity index (χ2v) is 4.61. The van der Waals surface area contributed by atoms with Gasteiger partial charge in [0.2, 0.25) is 0 Å². The molecule has 0 fully saturated rings. The second-order valence-electron chi connectivity index (χ2n) is 4.61. The minimum absolute atomic E-state index is 0.319. The molecule has 0 atom stereocenters. The average Bonchev–Trinajstić information content (AvgIpc) is 3.17. The van der Waals surface area contributed by atoms with Gasteiger partial charge in [-0.2, -0.15) is 15.3 Å². The van der Waals surface area contributed by atoms with Gasteiger partial charge in [0.15, 0.2) is 0 Å². The highest BCUT2D eigenvalue weighted by Gasteiger charge is 2.09. The molecule has 0 aliphatic heterocycles. The summed E-state index contributed by atoms with van der Waals surface area (Å²) < 4.78 is 1.48. The predicted molar refractivity (Wildman–Crippen MR) is 82.3 cm³/mol. The van der Waals surface area contributed by atoms with Gasteiger partial charge in [-0.3, -0.25) is 14.6 Å². The van der Waals surface area contributed by atoms with Crippen molar-refractivity contribution in [2.45, 2.75) is 0 Å². The lowest BCUT2D eigenvalue weighted by atomic mass is 10.1. The van der Waals surface area contributed by atoms with Crippen LogP contribution in [0.1, 0.15) is 16.1 Å². The Morgan fingerprint density at radius 3 is 2.86 bits per heavy atom. The molecular weight excluding hydrogens is 280 g/mol. The van der Waals surface area contributed by atoms with Crippen LogP contribution in [0.5, 0.6) is 0 Å². The Hall–Kier alpha value is -3.22. The first-order chi connectivity index (χ1) is 10.8. The molecule has 110 valence electrons. The molecular formula is C15H14N6O. The van der Waals surface area contributed by atoms with Crippen molar-refractivity contribution >= 4 is 12.1 Å². The molecule has 2 N–H and O–H groups in total. The number of carbonyl (C=O) groups is 1. The van der Waals surface area contributed by atoms with Gasteiger partial charge >= 0.3 is 0 Å². The Kier molecular flexibility index (Phi) is 3.78. The Balaban J connectivity index is 1.73. The van der Waals surface area contributed by atoms with E-state index in [2.05, 4.69) is 25.8 Å². The van der Waals surface area contributed by atoms with E-state index in [-0.39, 0.29) is 5.91 Å². The van der Waals surface area contributed by atoms with Crippen LogP contribution in [-0.2, 0) is 7.05 Å². The summed E-state index contributed by atoms with van der Waals surface area (Å²) >= 11 is 0. The number of rotatable bonds is 4. The highest BCUT2D eigenvalue weighted by atomic mass is 16.2. The summed E-state index contributed by atoms with van der Waals surface area (Å²) in [5.74, 6) is -0.319. The maximum Gasteiger partial charge on any atom is 0.289 e. The summed E-state index contributed by atoms with van der Waals surface area (Å²) in [4.78, 5) is 11.9. The molecule has 2 aromatic heterocycles. The first kappa shape index (κ1) is 13.7. The van der Waals surface area contributed by atoms with E-state index >= 15 is 0 Å². The molecule has 22 heavy (non-hydrogen) atoms. The van der Waals surface area contributed by atoms with E-state index in [1.807, 2.05) is 30.3 Å². The maximum absolute atomic E-state index is 11.9. The Morgan fingerprint density at radius 2 is 2.14 bits per heavy atom. The van der Waals surface area contributed by atoms with Gasteiger partial charge in [0.25, 0.3) is 5.91 Å². The van der Waals surface area contributed by atoms with Gasteiger partial charge in [-0.15, -0.1) is 0 Å². The summed E-state index contributed by atoms with van der Waals surface area (Å²) in [6, 6.07) is 11.4. The quantitative estimate of drug-likeness (QED) is 0.565. The molecule has 0 bridgehead atoms. The topological polar surface area (TPSA) is 88.0 Å². The minimum atomic E-state index is -0.319. The van der Waals surface area contributed by atoms with E-state index in [0.29, 0.717) is 5.69 Å². The Bertz CT molecular complexity index is 802. The molecule has 0 unspecified atom stereocenters. The minimum Gasteiger partial charge on any atom is -0.277 e. The fraction of sp³-hybridized carbons (Fsp3) is 0.0667. The molecule has 7 nitrogen and oxygen atoms in total. The number of hydrogen-bond acceptors (Lipinski definition) is 4. The van der Waals surface area contributed by atoms with Gasteiger partial charge in [-0.05, 0) is 6.07 Å². The molecule has 1 aromatic carbocycles. The number of aromatic amines is 1. The smallest absolute Gasteiger partial charge is 0.277 e. The van der Waals surface area contributed by atoms with Crippen LogP contribution in [0.4, 0.5) is 0 Å². The average molecular weight is 294 g/mol. The van der Waals surface area contributed by atoms with Gasteiger partial charge in [0.05, 0.1) is 18.1 Å². The predicted octanol–water partition coefficient (Wildman–Crippen LogP) is 1.57. The van der Waals surface area contributed by atoms with Crippen LogP contribution in [0.15, 0.2) is 53.9 Å². The van der Waals surface area contributed by atoms with E-state index < -0.39 is 0 Å². The normalized spacial score (nSPS) is 11.0. The number of amides is 1. The Morgan fingerprint density at radius 1 is 1.32 bits per heavy atom. The molecule has 3 rings (SSSR count). The number of aryl methyl sites for hydroxylation is 1. The van der Waals surface area contributed by atoms with Crippen LogP contribution in [0.3, 0.4) is 0 Å². The highest BCUT2D eigenvalue weighted by molar-refractivity contribution is 5.94. The molecule has 0 saturated carbocycles. The van der Waals surface area contributed by atoms with Crippen molar-refractivity contribution in [1.29, 1.82) is 0 Å². The number of nitrogens with one attached hydrogen (secondary N) is 2. The standard InChI is InChI=1S/C15H14N6O/c1-21-13(7-8-18-21)15(22)20-17-10-12-9-16-19-14(12)11-5-3-2-4-6-11/h2-10H,1H3,(H,16,19)(H,20,22)/b17-10-. The number of benzene rings is 1. The van der Waals surface area contributed by atoms with E-state index in [1.165, 1.54) is 4.68 Å². The molecule has 1 amide bonds. The second kappa shape index (κ2) is 6.04. The van der Waals surface area contributed by atoms with E-state index in [0.717, 1.165) is 16.8 Å². The SMILES string of the molecule is Cn1nccc1C(=O)N/N=C\c1cn[nH]c1-c1ccccc1. The fourth-order valence-corrected chi connectivity index (χ4v) is 2.04. The fourth-order valence-electron chi connectivity index (χ4n) is 2.04. The van der Waals surface area contributed by atoms with Crippen LogP contribution in [-0.4, -0.2) is 32.1 Å². The van der Waals surface area contributed by atoms with E-state index in [1.54, 1.807) is 31.7 Å². The van der Waals surface area contributed by atoms with Crippen LogP contribution < -0.4 is 5.43 Å². The zero-order valence-electron chi connectivity index (χ0n) is 11.9. The molecule has 0 aliphatic carbocycles. The summed E-state index contributed by atoms with van der Waals surface area (Å²) in [5, 5.41) is 14.9. The maximum atomic E-state index is 11.9. The lowest BCUT2D eigenvalue weighted by Gasteiger charge is -2.00. The summed E-state index contributed by atoms with van der Waals surface area (Å²) in [6.07, 6.45) is 4.77. The first-order valence-corrected chi connectivity index (χ1v) is 6.66. The van der Waals surface area contributed by atoms with Crippen molar-refractivity contribution in [2.75, 3.05) is 0 Å². The highest BCUT2D eigenvalue weighted by Crippen LogP contribution is 2.18. The first-order valence-electron chi connectivity index (χ1n) is 6.66. The third-order valence-corrected chi connectivity index (χ3v) is 3.15. The zero-order valence-corrected chi connectivity index (χ0v) is 11.9. The van der Waals surface area contributed by atoms with E-state index in [4.69, 9.17) is 0 Å².